The van der Waals surface area contributed by atoms with E-state index in [1.165, 1.54) is 0 Å². The Balaban J connectivity index is 2.97. The molecule has 1 N–H and O–H groups in total. The van der Waals surface area contributed by atoms with Crippen LogP contribution < -0.4 is 10.1 Å². The molecule has 0 amide bonds. The first-order valence-electron chi connectivity index (χ1n) is 7.38. The molecule has 120 valence electrons. The summed E-state index contributed by atoms with van der Waals surface area (Å²) < 4.78 is 10.2. The third kappa shape index (κ3) is 5.24. The van der Waals surface area contributed by atoms with E-state index < -0.39 is 12.0 Å². The molecule has 1 aromatic carbocycles. The van der Waals surface area contributed by atoms with Gasteiger partial charge in [0.2, 0.25) is 0 Å². The molecule has 1 aromatic rings. The Morgan fingerprint density at radius 1 is 1.27 bits per heavy atom. The molecule has 0 saturated heterocycles. The number of benzene rings is 1. The predicted molar refractivity (Wildman–Crippen MR) is 86.1 cm³/mol. The standard InChI is InChI=1S/C17H23NO4/c1-4-6-7-13(12-19)16(17(20)22-5-2)18-14-8-10-15(21-3)11-9-14/h7-12,16,18H,4-6H2,1-3H3/b13-7-/t16-/m0/s1. The van der Waals surface area contributed by atoms with Crippen LogP contribution in [0.25, 0.3) is 0 Å². The number of hydrogen-bond acceptors (Lipinski definition) is 5. The number of esters is 1. The second kappa shape index (κ2) is 9.60. The van der Waals surface area contributed by atoms with Gasteiger partial charge in [-0.1, -0.05) is 19.4 Å². The van der Waals surface area contributed by atoms with Gasteiger partial charge in [-0.2, -0.15) is 0 Å². The minimum Gasteiger partial charge on any atom is -0.497 e. The minimum atomic E-state index is -0.808. The summed E-state index contributed by atoms with van der Waals surface area (Å²) in [4.78, 5) is 23.4. The molecular formula is C17H23NO4. The Bertz CT molecular complexity index is 508. The third-order valence-corrected chi connectivity index (χ3v) is 3.06. The number of ether oxygens (including phenoxy) is 2. The van der Waals surface area contributed by atoms with E-state index in [0.717, 1.165) is 18.6 Å². The van der Waals surface area contributed by atoms with Gasteiger partial charge < -0.3 is 14.8 Å². The largest absolute Gasteiger partial charge is 0.497 e. The van der Waals surface area contributed by atoms with Crippen molar-refractivity contribution in [3.8, 4) is 5.75 Å². The maximum atomic E-state index is 12.1. The van der Waals surface area contributed by atoms with Crippen LogP contribution in [0.5, 0.6) is 5.75 Å². The lowest BCUT2D eigenvalue weighted by Gasteiger charge is -2.18. The summed E-state index contributed by atoms with van der Waals surface area (Å²) in [5, 5.41) is 3.05. The molecule has 0 bridgehead atoms. The van der Waals surface area contributed by atoms with E-state index in [1.807, 2.05) is 6.92 Å². The van der Waals surface area contributed by atoms with Crippen molar-refractivity contribution < 1.29 is 19.1 Å². The number of aldehydes is 1. The SMILES string of the molecule is CCC/C=C(/C=O)[C@H](Nc1ccc(OC)cc1)C(=O)OCC. The van der Waals surface area contributed by atoms with Crippen LogP contribution in [-0.2, 0) is 14.3 Å². The molecule has 5 heteroatoms. The van der Waals surface area contributed by atoms with E-state index in [4.69, 9.17) is 9.47 Å². The molecule has 0 aliphatic rings. The Morgan fingerprint density at radius 2 is 1.95 bits per heavy atom. The van der Waals surface area contributed by atoms with Gasteiger partial charge >= 0.3 is 5.97 Å². The van der Waals surface area contributed by atoms with Gasteiger partial charge in [-0.15, -0.1) is 0 Å². The number of nitrogens with one attached hydrogen (secondary N) is 1. The van der Waals surface area contributed by atoms with Crippen LogP contribution in [0.3, 0.4) is 0 Å². The second-order valence-electron chi connectivity index (χ2n) is 4.67. The van der Waals surface area contributed by atoms with Crippen molar-refractivity contribution in [3.05, 3.63) is 35.9 Å². The van der Waals surface area contributed by atoms with Gasteiger partial charge in [0.25, 0.3) is 0 Å². The molecule has 1 atom stereocenters. The molecule has 0 heterocycles. The van der Waals surface area contributed by atoms with Crippen molar-refractivity contribution in [1.82, 2.24) is 0 Å². The lowest BCUT2D eigenvalue weighted by Crippen LogP contribution is -2.34. The molecule has 5 nitrogen and oxygen atoms in total. The Hall–Kier alpha value is -2.30. The fraction of sp³-hybridized carbons (Fsp3) is 0.412. The highest BCUT2D eigenvalue weighted by Crippen LogP contribution is 2.18. The topological polar surface area (TPSA) is 64.6 Å². The van der Waals surface area contributed by atoms with E-state index in [2.05, 4.69) is 5.32 Å². The number of rotatable bonds is 9. The average Bonchev–Trinajstić information content (AvgIpc) is 2.55. The number of hydrogen-bond donors (Lipinski definition) is 1. The van der Waals surface area contributed by atoms with Crippen molar-refractivity contribution in [2.45, 2.75) is 32.7 Å². The van der Waals surface area contributed by atoms with Gasteiger partial charge in [-0.25, -0.2) is 4.79 Å². The van der Waals surface area contributed by atoms with Crippen LogP contribution >= 0.6 is 0 Å². The predicted octanol–water partition coefficient (Wildman–Crippen LogP) is 2.96. The fourth-order valence-corrected chi connectivity index (χ4v) is 1.90. The van der Waals surface area contributed by atoms with Gasteiger partial charge in [-0.05, 0) is 37.6 Å². The summed E-state index contributed by atoms with van der Waals surface area (Å²) in [7, 11) is 1.59. The van der Waals surface area contributed by atoms with Gasteiger partial charge in [0.1, 0.15) is 12.0 Å². The van der Waals surface area contributed by atoms with Gasteiger partial charge in [0.05, 0.1) is 13.7 Å². The van der Waals surface area contributed by atoms with E-state index in [0.29, 0.717) is 17.5 Å². The summed E-state index contributed by atoms with van der Waals surface area (Å²) in [5.41, 5.74) is 1.10. The molecule has 0 aromatic heterocycles. The van der Waals surface area contributed by atoms with Crippen LogP contribution in [0.4, 0.5) is 5.69 Å². The zero-order chi connectivity index (χ0) is 16.4. The molecular weight excluding hydrogens is 282 g/mol. The maximum absolute atomic E-state index is 12.1. The molecule has 0 aliphatic carbocycles. The third-order valence-electron chi connectivity index (χ3n) is 3.06. The van der Waals surface area contributed by atoms with Crippen LogP contribution in [-0.4, -0.2) is 32.0 Å². The lowest BCUT2D eigenvalue weighted by molar-refractivity contribution is -0.143. The van der Waals surface area contributed by atoms with Crippen molar-refractivity contribution in [3.63, 3.8) is 0 Å². The summed E-state index contributed by atoms with van der Waals surface area (Å²) in [6, 6.07) is 6.32. The Kier molecular flexibility index (Phi) is 7.75. The number of carbonyl (C=O) groups excluding carboxylic acids is 2. The Morgan fingerprint density at radius 3 is 2.45 bits per heavy atom. The van der Waals surface area contributed by atoms with Crippen LogP contribution in [0.15, 0.2) is 35.9 Å². The zero-order valence-corrected chi connectivity index (χ0v) is 13.3. The molecule has 0 radical (unpaired) electrons. The fourth-order valence-electron chi connectivity index (χ4n) is 1.90. The number of unbranched alkanes of at least 4 members (excludes halogenated alkanes) is 1. The highest BCUT2D eigenvalue weighted by atomic mass is 16.5. The molecule has 0 unspecified atom stereocenters. The van der Waals surface area contributed by atoms with Crippen LogP contribution in [0, 0.1) is 0 Å². The first-order chi connectivity index (χ1) is 10.7. The summed E-state index contributed by atoms with van der Waals surface area (Å²) in [6.45, 7) is 4.01. The first kappa shape index (κ1) is 17.8. The average molecular weight is 305 g/mol. The normalized spacial score (nSPS) is 12.4. The van der Waals surface area contributed by atoms with E-state index in [9.17, 15) is 9.59 Å². The van der Waals surface area contributed by atoms with E-state index in [1.54, 1.807) is 44.4 Å². The molecule has 22 heavy (non-hydrogen) atoms. The van der Waals surface area contributed by atoms with Crippen molar-refractivity contribution in [2.24, 2.45) is 0 Å². The molecule has 1 rings (SSSR count). The van der Waals surface area contributed by atoms with Gasteiger partial charge in [-0.3, -0.25) is 4.79 Å². The second-order valence-corrected chi connectivity index (χ2v) is 4.67. The summed E-state index contributed by atoms with van der Waals surface area (Å²) >= 11 is 0. The first-order valence-corrected chi connectivity index (χ1v) is 7.38. The van der Waals surface area contributed by atoms with Crippen molar-refractivity contribution >= 4 is 17.9 Å². The smallest absolute Gasteiger partial charge is 0.333 e. The highest BCUT2D eigenvalue weighted by Gasteiger charge is 2.23. The van der Waals surface area contributed by atoms with Crippen molar-refractivity contribution in [2.75, 3.05) is 19.0 Å². The van der Waals surface area contributed by atoms with Gasteiger partial charge in [0.15, 0.2) is 6.04 Å². The molecule has 0 saturated carbocycles. The van der Waals surface area contributed by atoms with Gasteiger partial charge in [0, 0.05) is 11.3 Å². The summed E-state index contributed by atoms with van der Waals surface area (Å²) in [6.07, 6.45) is 4.10. The number of allylic oxidation sites excluding steroid dienone is 1. The van der Waals surface area contributed by atoms with Crippen LogP contribution in [0.1, 0.15) is 26.7 Å². The highest BCUT2D eigenvalue weighted by molar-refractivity contribution is 5.92. The van der Waals surface area contributed by atoms with E-state index >= 15 is 0 Å². The monoisotopic (exact) mass is 305 g/mol. The zero-order valence-electron chi connectivity index (χ0n) is 13.3. The number of anilines is 1. The summed E-state index contributed by atoms with van der Waals surface area (Å²) in [5.74, 6) is 0.253. The minimum absolute atomic E-state index is 0.263. The van der Waals surface area contributed by atoms with E-state index in [-0.39, 0.29) is 6.61 Å². The number of carbonyl (C=O) groups is 2. The molecule has 0 fully saturated rings. The van der Waals surface area contributed by atoms with Crippen molar-refractivity contribution in [1.29, 1.82) is 0 Å². The lowest BCUT2D eigenvalue weighted by atomic mass is 10.1. The molecule has 0 aliphatic heterocycles. The number of methoxy groups -OCH3 is 1. The molecule has 0 spiro atoms. The van der Waals surface area contributed by atoms with Crippen LogP contribution in [0.2, 0.25) is 0 Å². The quantitative estimate of drug-likeness (QED) is 0.432. The Labute approximate surface area is 131 Å². The maximum Gasteiger partial charge on any atom is 0.333 e.